The summed E-state index contributed by atoms with van der Waals surface area (Å²) in [6, 6.07) is 10.9. The molecule has 4 rings (SSSR count). The minimum Gasteiger partial charge on any atom is -0.496 e. The Labute approximate surface area is 166 Å². The Bertz CT molecular complexity index is 1030. The highest BCUT2D eigenvalue weighted by Gasteiger charge is 2.28. The van der Waals surface area contributed by atoms with Gasteiger partial charge in [-0.05, 0) is 40.3 Å². The zero-order chi connectivity index (χ0) is 19.7. The normalized spacial score (nSPS) is 15.3. The first-order valence-corrected chi connectivity index (χ1v) is 8.85. The van der Waals surface area contributed by atoms with Crippen LogP contribution in [0, 0.1) is 0 Å². The van der Waals surface area contributed by atoms with Gasteiger partial charge in [-0.25, -0.2) is 0 Å². The lowest BCUT2D eigenvalue weighted by molar-refractivity contribution is 0.346. The Morgan fingerprint density at radius 2 is 1.64 bits per heavy atom. The maximum atomic E-state index is 6.02. The zero-order valence-electron chi connectivity index (χ0n) is 15.5. The minimum atomic E-state index is -0.313. The molecule has 0 saturated carbocycles. The van der Waals surface area contributed by atoms with Gasteiger partial charge in [-0.15, -0.1) is 0 Å². The third-order valence-electron chi connectivity index (χ3n) is 4.54. The molecule has 1 atom stereocenters. The second-order valence-corrected chi connectivity index (χ2v) is 6.49. The van der Waals surface area contributed by atoms with Crippen LogP contribution >= 0.6 is 11.6 Å². The molecule has 8 nitrogen and oxygen atoms in total. The summed E-state index contributed by atoms with van der Waals surface area (Å²) in [6.07, 6.45) is 2.02. The van der Waals surface area contributed by atoms with Gasteiger partial charge in [-0.3, -0.25) is 0 Å². The fourth-order valence-corrected chi connectivity index (χ4v) is 3.28. The maximum absolute atomic E-state index is 6.02. The minimum absolute atomic E-state index is 0.313. The van der Waals surface area contributed by atoms with Crippen LogP contribution in [0.5, 0.6) is 17.2 Å². The van der Waals surface area contributed by atoms with E-state index in [-0.39, 0.29) is 6.04 Å². The fourth-order valence-electron chi connectivity index (χ4n) is 3.16. The van der Waals surface area contributed by atoms with Gasteiger partial charge in [0.05, 0.1) is 21.3 Å². The van der Waals surface area contributed by atoms with Crippen molar-refractivity contribution in [2.45, 2.75) is 6.04 Å². The van der Waals surface area contributed by atoms with Crippen molar-refractivity contribution in [3.63, 3.8) is 0 Å². The third-order valence-corrected chi connectivity index (χ3v) is 4.79. The van der Waals surface area contributed by atoms with Crippen LogP contribution in [0.1, 0.15) is 17.2 Å². The van der Waals surface area contributed by atoms with Crippen LogP contribution in [-0.4, -0.2) is 41.5 Å². The number of nitrogens with one attached hydrogen (secondary N) is 1. The van der Waals surface area contributed by atoms with Crippen LogP contribution in [0.15, 0.2) is 42.5 Å². The summed E-state index contributed by atoms with van der Waals surface area (Å²) in [5, 5.41) is 15.9. The molecule has 144 valence electrons. The van der Waals surface area contributed by atoms with Crippen molar-refractivity contribution in [1.82, 2.24) is 20.2 Å². The van der Waals surface area contributed by atoms with Gasteiger partial charge in [-0.1, -0.05) is 28.8 Å². The van der Waals surface area contributed by atoms with Gasteiger partial charge in [-0.2, -0.15) is 4.68 Å². The molecule has 1 N–H and O–H groups in total. The molecular formula is C19H18ClN5O3. The number of rotatable bonds is 5. The summed E-state index contributed by atoms with van der Waals surface area (Å²) >= 11 is 6.02. The van der Waals surface area contributed by atoms with Crippen molar-refractivity contribution in [2.24, 2.45) is 0 Å². The average Bonchev–Trinajstić information content (AvgIpc) is 3.21. The predicted molar refractivity (Wildman–Crippen MR) is 105 cm³/mol. The second-order valence-electron chi connectivity index (χ2n) is 6.05. The van der Waals surface area contributed by atoms with Crippen molar-refractivity contribution >= 4 is 23.2 Å². The summed E-state index contributed by atoms with van der Waals surface area (Å²) in [5.74, 6) is 2.33. The van der Waals surface area contributed by atoms with Crippen molar-refractivity contribution in [3.8, 4) is 17.2 Å². The summed E-state index contributed by atoms with van der Waals surface area (Å²) < 4.78 is 18.1. The van der Waals surface area contributed by atoms with Crippen LogP contribution in [0.3, 0.4) is 0 Å². The van der Waals surface area contributed by atoms with Crippen LogP contribution in [-0.2, 0) is 0 Å². The molecule has 28 heavy (non-hydrogen) atoms. The molecular weight excluding hydrogens is 382 g/mol. The van der Waals surface area contributed by atoms with E-state index < -0.39 is 0 Å². The Morgan fingerprint density at radius 1 is 0.964 bits per heavy atom. The topological polar surface area (TPSA) is 83.3 Å². The Balaban J connectivity index is 1.87. The second kappa shape index (κ2) is 7.40. The smallest absolute Gasteiger partial charge is 0.248 e. The molecule has 0 radical (unpaired) electrons. The van der Waals surface area contributed by atoms with Crippen LogP contribution in [0.2, 0.25) is 5.02 Å². The number of hydrogen-bond acceptors (Lipinski definition) is 7. The lowest BCUT2D eigenvalue weighted by Gasteiger charge is -2.25. The molecule has 2 aromatic carbocycles. The highest BCUT2D eigenvalue weighted by atomic mass is 35.5. The summed E-state index contributed by atoms with van der Waals surface area (Å²) in [5.41, 5.74) is 2.66. The van der Waals surface area contributed by atoms with E-state index in [2.05, 4.69) is 20.8 Å². The van der Waals surface area contributed by atoms with E-state index >= 15 is 0 Å². The van der Waals surface area contributed by atoms with Gasteiger partial charge in [0, 0.05) is 22.3 Å². The van der Waals surface area contributed by atoms with Crippen LogP contribution < -0.4 is 19.5 Å². The highest BCUT2D eigenvalue weighted by Crippen LogP contribution is 2.41. The number of benzene rings is 2. The Kier molecular flexibility index (Phi) is 4.79. The predicted octanol–water partition coefficient (Wildman–Crippen LogP) is 3.41. The number of nitrogens with zero attached hydrogens (tertiary/aromatic N) is 4. The number of fused-ring (bicyclic) bond motifs is 1. The SMILES string of the molecule is COc1cc(OC)c([C@@H]2C=C(c3ccc(Cl)cc3)Nc3nnnn32)cc1OC. The van der Waals surface area contributed by atoms with E-state index in [4.69, 9.17) is 25.8 Å². The summed E-state index contributed by atoms with van der Waals surface area (Å²) in [7, 11) is 4.78. The van der Waals surface area contributed by atoms with E-state index in [9.17, 15) is 0 Å². The lowest BCUT2D eigenvalue weighted by atomic mass is 10.00. The number of aromatic nitrogens is 4. The first kappa shape index (κ1) is 18.1. The van der Waals surface area contributed by atoms with Gasteiger partial charge in [0.1, 0.15) is 11.8 Å². The van der Waals surface area contributed by atoms with E-state index in [1.54, 1.807) is 32.1 Å². The molecule has 1 aromatic heterocycles. The fraction of sp³-hybridized carbons (Fsp3) is 0.211. The van der Waals surface area contributed by atoms with E-state index in [1.165, 1.54) is 0 Å². The molecule has 0 amide bonds. The van der Waals surface area contributed by atoms with Crippen molar-refractivity contribution < 1.29 is 14.2 Å². The molecule has 0 unspecified atom stereocenters. The lowest BCUT2D eigenvalue weighted by Crippen LogP contribution is -2.21. The molecule has 0 spiro atoms. The van der Waals surface area contributed by atoms with Crippen molar-refractivity contribution in [1.29, 1.82) is 0 Å². The number of allylic oxidation sites excluding steroid dienone is 1. The first-order valence-electron chi connectivity index (χ1n) is 8.47. The Morgan fingerprint density at radius 3 is 2.32 bits per heavy atom. The molecule has 3 aromatic rings. The van der Waals surface area contributed by atoms with Crippen LogP contribution in [0.4, 0.5) is 5.95 Å². The monoisotopic (exact) mass is 399 g/mol. The highest BCUT2D eigenvalue weighted by molar-refractivity contribution is 6.30. The van der Waals surface area contributed by atoms with Crippen molar-refractivity contribution in [3.05, 3.63) is 58.6 Å². The number of halogens is 1. The van der Waals surface area contributed by atoms with Crippen molar-refractivity contribution in [2.75, 3.05) is 26.6 Å². The zero-order valence-corrected chi connectivity index (χ0v) is 16.3. The van der Waals surface area contributed by atoms with Gasteiger partial charge < -0.3 is 19.5 Å². The molecule has 0 aliphatic carbocycles. The van der Waals surface area contributed by atoms with Gasteiger partial charge in [0.2, 0.25) is 5.95 Å². The van der Waals surface area contributed by atoms with Gasteiger partial charge in [0.25, 0.3) is 0 Å². The molecule has 0 bridgehead atoms. The summed E-state index contributed by atoms with van der Waals surface area (Å²) in [6.45, 7) is 0. The largest absolute Gasteiger partial charge is 0.496 e. The quantitative estimate of drug-likeness (QED) is 0.703. The molecule has 2 heterocycles. The van der Waals surface area contributed by atoms with Crippen LogP contribution in [0.25, 0.3) is 5.70 Å². The third kappa shape index (κ3) is 3.11. The number of methoxy groups -OCH3 is 3. The molecule has 0 saturated heterocycles. The molecule has 0 fully saturated rings. The molecule has 1 aliphatic rings. The van der Waals surface area contributed by atoms with E-state index in [0.29, 0.717) is 28.2 Å². The standard InChI is InChI=1S/C19H18ClN5O3/c1-26-16-10-18(28-3)17(27-2)8-13(16)15-9-14(11-4-6-12(20)7-5-11)21-19-22-23-24-25(15)19/h4-10,15H,1-3H3,(H,21,22,24)/t15-/m0/s1. The Hall–Kier alpha value is -3.26. The number of hydrogen-bond donors (Lipinski definition) is 1. The maximum Gasteiger partial charge on any atom is 0.248 e. The van der Waals surface area contributed by atoms with Gasteiger partial charge in [0.15, 0.2) is 11.5 Å². The average molecular weight is 400 g/mol. The van der Waals surface area contributed by atoms with E-state index in [1.807, 2.05) is 36.4 Å². The number of anilines is 1. The molecule has 1 aliphatic heterocycles. The van der Waals surface area contributed by atoms with Gasteiger partial charge >= 0.3 is 0 Å². The summed E-state index contributed by atoms with van der Waals surface area (Å²) in [4.78, 5) is 0. The number of tetrazole rings is 1. The van der Waals surface area contributed by atoms with E-state index in [0.717, 1.165) is 16.8 Å². The first-order chi connectivity index (χ1) is 13.6. The number of ether oxygens (including phenoxy) is 3. The molecule has 9 heteroatoms.